The Balaban J connectivity index is 2.93. The Hall–Kier alpha value is -1.84. The lowest BCUT2D eigenvalue weighted by Crippen LogP contribution is -2.05. The second-order valence-electron chi connectivity index (χ2n) is 4.89. The zero-order valence-electron chi connectivity index (χ0n) is 12.0. The number of methoxy groups -OCH3 is 1. The van der Waals surface area contributed by atoms with Crippen LogP contribution < -0.4 is 10.1 Å². The Morgan fingerprint density at radius 2 is 2.00 bits per heavy atom. The van der Waals surface area contributed by atoms with Crippen molar-refractivity contribution in [3.63, 3.8) is 0 Å². The van der Waals surface area contributed by atoms with Crippen molar-refractivity contribution in [1.29, 1.82) is 0 Å². The van der Waals surface area contributed by atoms with Crippen LogP contribution in [-0.2, 0) is 0 Å². The largest absolute Gasteiger partial charge is 0.494 e. The van der Waals surface area contributed by atoms with Gasteiger partial charge in [-0.15, -0.1) is 0 Å². The Kier molecular flexibility index (Phi) is 3.60. The SMILES string of the molecule is CNc1c(C(C)C)c(C)nc2c(OC)cc(F)cc12. The highest BCUT2D eigenvalue weighted by Gasteiger charge is 2.17. The highest BCUT2D eigenvalue weighted by atomic mass is 19.1. The van der Waals surface area contributed by atoms with E-state index in [4.69, 9.17) is 4.74 Å². The zero-order valence-corrected chi connectivity index (χ0v) is 12.0. The summed E-state index contributed by atoms with van der Waals surface area (Å²) in [6.07, 6.45) is 0. The lowest BCUT2D eigenvalue weighted by atomic mass is 9.96. The van der Waals surface area contributed by atoms with Crippen LogP contribution >= 0.6 is 0 Å². The molecule has 0 radical (unpaired) electrons. The molecule has 19 heavy (non-hydrogen) atoms. The number of aryl methyl sites for hydroxylation is 1. The van der Waals surface area contributed by atoms with Gasteiger partial charge in [0.05, 0.1) is 7.11 Å². The summed E-state index contributed by atoms with van der Waals surface area (Å²) in [5.41, 5.74) is 3.67. The number of anilines is 1. The third-order valence-corrected chi connectivity index (χ3v) is 3.29. The summed E-state index contributed by atoms with van der Waals surface area (Å²) in [5.74, 6) is 0.458. The lowest BCUT2D eigenvalue weighted by molar-refractivity contribution is 0.415. The fourth-order valence-electron chi connectivity index (χ4n) is 2.57. The molecule has 2 rings (SSSR count). The number of hydrogen-bond acceptors (Lipinski definition) is 3. The minimum absolute atomic E-state index is 0.314. The van der Waals surface area contributed by atoms with Crippen LogP contribution in [0.4, 0.5) is 10.1 Å². The summed E-state index contributed by atoms with van der Waals surface area (Å²) in [6.45, 7) is 6.18. The Bertz CT molecular complexity index is 623. The van der Waals surface area contributed by atoms with Crippen LogP contribution in [0.15, 0.2) is 12.1 Å². The molecule has 1 heterocycles. The normalized spacial score (nSPS) is 11.1. The Morgan fingerprint density at radius 1 is 1.32 bits per heavy atom. The lowest BCUT2D eigenvalue weighted by Gasteiger charge is -2.18. The van der Waals surface area contributed by atoms with Crippen LogP contribution in [0.2, 0.25) is 0 Å². The fraction of sp³-hybridized carbons (Fsp3) is 0.400. The molecule has 0 unspecified atom stereocenters. The number of halogens is 1. The van der Waals surface area contributed by atoms with Crippen molar-refractivity contribution in [2.24, 2.45) is 0 Å². The number of pyridine rings is 1. The smallest absolute Gasteiger partial charge is 0.148 e. The number of aromatic nitrogens is 1. The van der Waals surface area contributed by atoms with Crippen LogP contribution in [0.3, 0.4) is 0 Å². The summed E-state index contributed by atoms with van der Waals surface area (Å²) < 4.78 is 18.9. The molecule has 0 saturated heterocycles. The Morgan fingerprint density at radius 3 is 2.53 bits per heavy atom. The van der Waals surface area contributed by atoms with Gasteiger partial charge in [0.15, 0.2) is 0 Å². The summed E-state index contributed by atoms with van der Waals surface area (Å²) in [4.78, 5) is 4.59. The maximum absolute atomic E-state index is 13.7. The monoisotopic (exact) mass is 262 g/mol. The first-order chi connectivity index (χ1) is 8.99. The summed E-state index contributed by atoms with van der Waals surface area (Å²) in [7, 11) is 3.37. The van der Waals surface area contributed by atoms with E-state index in [2.05, 4.69) is 24.1 Å². The van der Waals surface area contributed by atoms with Gasteiger partial charge in [0, 0.05) is 29.9 Å². The highest BCUT2D eigenvalue weighted by Crippen LogP contribution is 2.37. The third-order valence-electron chi connectivity index (χ3n) is 3.29. The van der Waals surface area contributed by atoms with Crippen molar-refractivity contribution in [1.82, 2.24) is 4.98 Å². The van der Waals surface area contributed by atoms with E-state index in [-0.39, 0.29) is 5.82 Å². The quantitative estimate of drug-likeness (QED) is 0.912. The fourth-order valence-corrected chi connectivity index (χ4v) is 2.57. The molecule has 0 fully saturated rings. The molecule has 0 spiro atoms. The molecule has 4 heteroatoms. The van der Waals surface area contributed by atoms with Crippen molar-refractivity contribution in [3.8, 4) is 5.75 Å². The van der Waals surface area contributed by atoms with Crippen molar-refractivity contribution >= 4 is 16.6 Å². The summed E-state index contributed by atoms with van der Waals surface area (Å²) >= 11 is 0. The number of nitrogens with zero attached hydrogens (tertiary/aromatic N) is 1. The molecule has 0 aliphatic heterocycles. The van der Waals surface area contributed by atoms with Gasteiger partial charge in [-0.05, 0) is 24.5 Å². The molecule has 0 atom stereocenters. The first-order valence-electron chi connectivity index (χ1n) is 6.35. The van der Waals surface area contributed by atoms with Gasteiger partial charge in [0.1, 0.15) is 17.1 Å². The van der Waals surface area contributed by atoms with Crippen LogP contribution in [-0.4, -0.2) is 19.1 Å². The van der Waals surface area contributed by atoms with Gasteiger partial charge in [-0.25, -0.2) is 9.37 Å². The van der Waals surface area contributed by atoms with Gasteiger partial charge in [-0.2, -0.15) is 0 Å². The molecule has 1 aromatic carbocycles. The van der Waals surface area contributed by atoms with Crippen molar-refractivity contribution in [2.45, 2.75) is 26.7 Å². The molecule has 0 bridgehead atoms. The van der Waals surface area contributed by atoms with E-state index in [9.17, 15) is 4.39 Å². The molecule has 1 aromatic heterocycles. The van der Waals surface area contributed by atoms with E-state index >= 15 is 0 Å². The second kappa shape index (κ2) is 5.03. The molecular weight excluding hydrogens is 243 g/mol. The minimum Gasteiger partial charge on any atom is -0.494 e. The van der Waals surface area contributed by atoms with E-state index in [0.717, 1.165) is 22.3 Å². The minimum atomic E-state index is -0.318. The first kappa shape index (κ1) is 13.6. The molecule has 0 aliphatic rings. The van der Waals surface area contributed by atoms with Crippen LogP contribution in [0.1, 0.15) is 31.0 Å². The molecular formula is C15H19FN2O. The van der Waals surface area contributed by atoms with E-state index in [1.54, 1.807) is 0 Å². The van der Waals surface area contributed by atoms with Gasteiger partial charge in [0.25, 0.3) is 0 Å². The molecule has 0 aliphatic carbocycles. The summed E-state index contributed by atoms with van der Waals surface area (Å²) in [6, 6.07) is 2.87. The highest BCUT2D eigenvalue weighted by molar-refractivity contribution is 5.97. The number of rotatable bonds is 3. The summed E-state index contributed by atoms with van der Waals surface area (Å²) in [5, 5.41) is 3.94. The van der Waals surface area contributed by atoms with Crippen molar-refractivity contribution in [2.75, 3.05) is 19.5 Å². The van der Waals surface area contributed by atoms with Gasteiger partial charge in [0.2, 0.25) is 0 Å². The van der Waals surface area contributed by atoms with Gasteiger partial charge >= 0.3 is 0 Å². The average molecular weight is 262 g/mol. The van der Waals surface area contributed by atoms with Gasteiger partial charge in [-0.1, -0.05) is 13.8 Å². The zero-order chi connectivity index (χ0) is 14.2. The van der Waals surface area contributed by atoms with Gasteiger partial charge in [-0.3, -0.25) is 0 Å². The van der Waals surface area contributed by atoms with Crippen molar-refractivity contribution < 1.29 is 9.13 Å². The average Bonchev–Trinajstić information content (AvgIpc) is 2.36. The number of nitrogens with one attached hydrogen (secondary N) is 1. The van der Waals surface area contributed by atoms with Crippen molar-refractivity contribution in [3.05, 3.63) is 29.2 Å². The molecule has 0 amide bonds. The third kappa shape index (κ3) is 2.23. The standard InChI is InChI=1S/C15H19FN2O/c1-8(2)13-9(3)18-14-11(15(13)17-4)6-10(16)7-12(14)19-5/h6-8H,1-5H3,(H,17,18). The Labute approximate surface area is 112 Å². The van der Waals surface area contributed by atoms with E-state index in [1.165, 1.54) is 19.2 Å². The molecule has 102 valence electrons. The molecule has 1 N–H and O–H groups in total. The van der Waals surface area contributed by atoms with E-state index < -0.39 is 0 Å². The predicted octanol–water partition coefficient (Wildman–Crippen LogP) is 3.86. The number of fused-ring (bicyclic) bond motifs is 1. The maximum atomic E-state index is 13.7. The van der Waals surface area contributed by atoms with Crippen LogP contribution in [0.25, 0.3) is 10.9 Å². The number of ether oxygens (including phenoxy) is 1. The molecule has 0 saturated carbocycles. The van der Waals surface area contributed by atoms with Gasteiger partial charge < -0.3 is 10.1 Å². The molecule has 3 nitrogen and oxygen atoms in total. The topological polar surface area (TPSA) is 34.2 Å². The maximum Gasteiger partial charge on any atom is 0.148 e. The van der Waals surface area contributed by atoms with E-state index in [1.807, 2.05) is 14.0 Å². The number of hydrogen-bond donors (Lipinski definition) is 1. The second-order valence-corrected chi connectivity index (χ2v) is 4.89. The van der Waals surface area contributed by atoms with E-state index in [0.29, 0.717) is 17.2 Å². The van der Waals surface area contributed by atoms with Crippen LogP contribution in [0.5, 0.6) is 5.75 Å². The number of benzene rings is 1. The van der Waals surface area contributed by atoms with Crippen LogP contribution in [0, 0.1) is 12.7 Å². The first-order valence-corrected chi connectivity index (χ1v) is 6.35. The molecule has 2 aromatic rings. The predicted molar refractivity (Wildman–Crippen MR) is 76.6 cm³/mol.